The van der Waals surface area contributed by atoms with Gasteiger partial charge in [-0.1, -0.05) is 52.7 Å². The second-order valence-electron chi connectivity index (χ2n) is 13.2. The third-order valence-electron chi connectivity index (χ3n) is 11.5. The second kappa shape index (κ2) is 7.18. The minimum atomic E-state index is -0.206. The molecule has 0 amide bonds. The molecule has 0 saturated heterocycles. The molecule has 5 rings (SSSR count). The fraction of sp³-hybridized carbons (Fsp3) is 0.733. The van der Waals surface area contributed by atoms with Crippen molar-refractivity contribution < 1.29 is 14.3 Å². The summed E-state index contributed by atoms with van der Waals surface area (Å²) >= 11 is 0. The van der Waals surface area contributed by atoms with E-state index in [4.69, 9.17) is 4.74 Å². The number of rotatable bonds is 2. The van der Waals surface area contributed by atoms with Crippen LogP contribution in [0.15, 0.2) is 34.6 Å². The standard InChI is InChI=1S/C30H42O3/c1-18(16-20-17-19(2)26(32)33-20)21-10-14-30(7)23-8-9-24-27(3,4)25(31)12-13-28(24,5)22(23)11-15-29(21,30)6/h16-18,21,24H,8-15H2,1-7H3. The van der Waals surface area contributed by atoms with Crippen LogP contribution in [0.5, 0.6) is 0 Å². The summed E-state index contributed by atoms with van der Waals surface area (Å²) in [6.07, 6.45) is 13.1. The molecule has 6 atom stereocenters. The van der Waals surface area contributed by atoms with E-state index in [-0.39, 0.29) is 27.6 Å². The molecule has 0 aromatic heterocycles. The Labute approximate surface area is 200 Å². The van der Waals surface area contributed by atoms with Crippen LogP contribution in [-0.4, -0.2) is 11.8 Å². The molecule has 180 valence electrons. The molecular weight excluding hydrogens is 408 g/mol. The Morgan fingerprint density at radius 2 is 1.70 bits per heavy atom. The molecule has 1 aliphatic heterocycles. The van der Waals surface area contributed by atoms with Gasteiger partial charge in [-0.25, -0.2) is 4.79 Å². The number of ether oxygens (including phenoxy) is 1. The Morgan fingerprint density at radius 1 is 0.970 bits per heavy atom. The van der Waals surface area contributed by atoms with E-state index in [9.17, 15) is 9.59 Å². The van der Waals surface area contributed by atoms with E-state index in [0.29, 0.717) is 29.1 Å². The van der Waals surface area contributed by atoms with Gasteiger partial charge in [0.25, 0.3) is 0 Å². The maximum atomic E-state index is 12.8. The number of esters is 1. The van der Waals surface area contributed by atoms with E-state index >= 15 is 0 Å². The number of carbonyl (C=O) groups excluding carboxylic acids is 2. The zero-order valence-electron chi connectivity index (χ0n) is 21.8. The zero-order chi connectivity index (χ0) is 24.0. The predicted octanol–water partition coefficient (Wildman–Crippen LogP) is 7.33. The second-order valence-corrected chi connectivity index (χ2v) is 13.2. The number of hydrogen-bond acceptors (Lipinski definition) is 3. The summed E-state index contributed by atoms with van der Waals surface area (Å²) in [5, 5.41) is 0. The minimum Gasteiger partial charge on any atom is -0.423 e. The number of ketones is 1. The lowest BCUT2D eigenvalue weighted by molar-refractivity contribution is -0.139. The Kier molecular flexibility index (Phi) is 5.03. The molecule has 2 saturated carbocycles. The molecule has 0 radical (unpaired) electrons. The molecular formula is C30H42O3. The molecule has 6 unspecified atom stereocenters. The van der Waals surface area contributed by atoms with Gasteiger partial charge in [0.1, 0.15) is 11.5 Å². The zero-order valence-corrected chi connectivity index (χ0v) is 21.8. The van der Waals surface area contributed by atoms with E-state index < -0.39 is 0 Å². The van der Waals surface area contributed by atoms with E-state index in [2.05, 4.69) is 47.6 Å². The van der Waals surface area contributed by atoms with E-state index in [0.717, 1.165) is 25.0 Å². The summed E-state index contributed by atoms with van der Waals surface area (Å²) in [5.41, 5.74) is 4.66. The Morgan fingerprint density at radius 3 is 2.36 bits per heavy atom. The molecule has 33 heavy (non-hydrogen) atoms. The van der Waals surface area contributed by atoms with Crippen LogP contribution in [-0.2, 0) is 14.3 Å². The van der Waals surface area contributed by atoms with Gasteiger partial charge in [-0.15, -0.1) is 0 Å². The van der Waals surface area contributed by atoms with Gasteiger partial charge in [0.2, 0.25) is 0 Å². The minimum absolute atomic E-state index is 0.182. The van der Waals surface area contributed by atoms with Crippen LogP contribution in [0.2, 0.25) is 0 Å². The number of carbonyl (C=O) groups is 2. The first-order chi connectivity index (χ1) is 15.3. The average Bonchev–Trinajstić information content (AvgIpc) is 3.20. The van der Waals surface area contributed by atoms with Gasteiger partial charge in [-0.3, -0.25) is 4.79 Å². The van der Waals surface area contributed by atoms with E-state index in [1.165, 1.54) is 32.1 Å². The van der Waals surface area contributed by atoms with Crippen molar-refractivity contribution in [2.75, 3.05) is 0 Å². The first-order valence-corrected chi connectivity index (χ1v) is 13.2. The highest BCUT2D eigenvalue weighted by molar-refractivity contribution is 5.92. The van der Waals surface area contributed by atoms with Crippen LogP contribution in [0.3, 0.4) is 0 Å². The Balaban J connectivity index is 1.49. The largest absolute Gasteiger partial charge is 0.423 e. The summed E-state index contributed by atoms with van der Waals surface area (Å²) in [7, 11) is 0. The third-order valence-corrected chi connectivity index (χ3v) is 11.5. The Bertz CT molecular complexity index is 1010. The van der Waals surface area contributed by atoms with Crippen molar-refractivity contribution in [3.8, 4) is 0 Å². The fourth-order valence-electron chi connectivity index (χ4n) is 9.32. The highest BCUT2D eigenvalue weighted by Crippen LogP contribution is 2.72. The van der Waals surface area contributed by atoms with Crippen molar-refractivity contribution in [3.05, 3.63) is 34.6 Å². The molecule has 2 fully saturated rings. The van der Waals surface area contributed by atoms with Crippen molar-refractivity contribution in [3.63, 3.8) is 0 Å². The quantitative estimate of drug-likeness (QED) is 0.327. The molecule has 0 spiro atoms. The molecule has 3 nitrogen and oxygen atoms in total. The monoisotopic (exact) mass is 450 g/mol. The van der Waals surface area contributed by atoms with Gasteiger partial charge >= 0.3 is 5.97 Å². The molecule has 0 aromatic carbocycles. The lowest BCUT2D eigenvalue weighted by Crippen LogP contribution is -2.53. The van der Waals surface area contributed by atoms with Crippen LogP contribution in [0.25, 0.3) is 0 Å². The number of Topliss-reactive ketones (excluding diaryl/α,β-unsaturated/α-hetero) is 1. The summed E-state index contributed by atoms with van der Waals surface area (Å²) in [6, 6.07) is 0. The van der Waals surface area contributed by atoms with Crippen molar-refractivity contribution in [2.24, 2.45) is 39.4 Å². The fourth-order valence-corrected chi connectivity index (χ4v) is 9.32. The van der Waals surface area contributed by atoms with Gasteiger partial charge in [-0.2, -0.15) is 0 Å². The highest BCUT2D eigenvalue weighted by Gasteiger charge is 2.63. The molecule has 4 aliphatic carbocycles. The Hall–Kier alpha value is -1.64. The van der Waals surface area contributed by atoms with Gasteiger partial charge in [0.15, 0.2) is 0 Å². The normalized spacial score (nSPS) is 44.2. The number of allylic oxidation sites excluding steroid dienone is 4. The molecule has 1 heterocycles. The summed E-state index contributed by atoms with van der Waals surface area (Å²) in [5.74, 6) is 2.45. The van der Waals surface area contributed by atoms with Crippen molar-refractivity contribution >= 4 is 11.8 Å². The van der Waals surface area contributed by atoms with Crippen LogP contribution < -0.4 is 0 Å². The SMILES string of the molecule is CC1=CC(=CC(C)C2CCC3(C)C4=C(CCC23C)C2(C)CCC(=O)C(C)(C)C2CC4)OC1=O. The van der Waals surface area contributed by atoms with Crippen molar-refractivity contribution in [1.82, 2.24) is 0 Å². The number of cyclic esters (lactones) is 1. The smallest absolute Gasteiger partial charge is 0.339 e. The van der Waals surface area contributed by atoms with E-state index in [1.54, 1.807) is 11.1 Å². The molecule has 5 aliphatic rings. The molecule has 0 aromatic rings. The van der Waals surface area contributed by atoms with E-state index in [1.807, 2.05) is 13.0 Å². The number of fused-ring (bicyclic) bond motifs is 4. The lowest BCUT2D eigenvalue weighted by atomic mass is 9.43. The van der Waals surface area contributed by atoms with Crippen molar-refractivity contribution in [1.29, 1.82) is 0 Å². The maximum Gasteiger partial charge on any atom is 0.339 e. The van der Waals surface area contributed by atoms with Gasteiger partial charge in [-0.05, 0) is 98.0 Å². The highest BCUT2D eigenvalue weighted by atomic mass is 16.5. The van der Waals surface area contributed by atoms with Crippen LogP contribution in [0.1, 0.15) is 99.8 Å². The summed E-state index contributed by atoms with van der Waals surface area (Å²) < 4.78 is 5.48. The molecule has 3 heteroatoms. The topological polar surface area (TPSA) is 43.4 Å². The maximum absolute atomic E-state index is 12.8. The molecule has 0 bridgehead atoms. The van der Waals surface area contributed by atoms with Crippen LogP contribution >= 0.6 is 0 Å². The molecule has 0 N–H and O–H groups in total. The lowest BCUT2D eigenvalue weighted by Gasteiger charge is -2.60. The summed E-state index contributed by atoms with van der Waals surface area (Å²) in [6.45, 7) is 16.2. The van der Waals surface area contributed by atoms with Crippen molar-refractivity contribution in [2.45, 2.75) is 99.8 Å². The van der Waals surface area contributed by atoms with Crippen LogP contribution in [0.4, 0.5) is 0 Å². The average molecular weight is 451 g/mol. The van der Waals surface area contributed by atoms with Gasteiger partial charge in [0, 0.05) is 17.4 Å². The van der Waals surface area contributed by atoms with Gasteiger partial charge < -0.3 is 4.74 Å². The van der Waals surface area contributed by atoms with Crippen LogP contribution in [0, 0.1) is 39.4 Å². The number of hydrogen-bond donors (Lipinski definition) is 0. The third kappa shape index (κ3) is 2.99. The summed E-state index contributed by atoms with van der Waals surface area (Å²) in [4.78, 5) is 24.7. The first kappa shape index (κ1) is 23.1. The first-order valence-electron chi connectivity index (χ1n) is 13.2. The van der Waals surface area contributed by atoms with Gasteiger partial charge in [0.05, 0.1) is 0 Å². The predicted molar refractivity (Wildman–Crippen MR) is 131 cm³/mol.